The fraction of sp³-hybridized carbons (Fsp3) is 0.536. The van der Waals surface area contributed by atoms with Crippen LogP contribution in [0.4, 0.5) is 0 Å². The molecule has 1 aromatic heterocycles. The number of piperidine rings is 1. The number of aromatic nitrogens is 2. The third-order valence-corrected chi connectivity index (χ3v) is 8.32. The summed E-state index contributed by atoms with van der Waals surface area (Å²) in [4.78, 5) is 30.5. The molecule has 1 aliphatic heterocycles. The molecular weight excluding hydrogens is 440 g/mol. The van der Waals surface area contributed by atoms with Crippen molar-refractivity contribution >= 4 is 11.8 Å². The van der Waals surface area contributed by atoms with Crippen molar-refractivity contribution in [2.45, 2.75) is 38.1 Å². The van der Waals surface area contributed by atoms with Gasteiger partial charge in [-0.1, -0.05) is 24.3 Å². The smallest absolute Gasteiger partial charge is 0.274 e. The second kappa shape index (κ2) is 9.88. The summed E-state index contributed by atoms with van der Waals surface area (Å²) in [6.07, 6.45) is 11.0. The molecular formula is C28H36N4O3. The predicted octanol–water partition coefficient (Wildman–Crippen LogP) is 3.56. The first-order valence-electron chi connectivity index (χ1n) is 12.8. The molecule has 7 heteroatoms. The molecule has 35 heavy (non-hydrogen) atoms. The number of carbonyl (C=O) groups excluding carboxylic acids is 2. The molecule has 5 rings (SSSR count). The highest BCUT2D eigenvalue weighted by molar-refractivity contribution is 5.92. The Morgan fingerprint density at radius 1 is 1.17 bits per heavy atom. The summed E-state index contributed by atoms with van der Waals surface area (Å²) in [7, 11) is 5.39. The summed E-state index contributed by atoms with van der Waals surface area (Å²) in [5, 5.41) is 4.34. The van der Waals surface area contributed by atoms with E-state index in [1.165, 1.54) is 0 Å². The molecule has 2 heterocycles. The summed E-state index contributed by atoms with van der Waals surface area (Å²) in [6, 6.07) is 9.86. The van der Waals surface area contributed by atoms with Crippen molar-refractivity contribution in [3.63, 3.8) is 0 Å². The van der Waals surface area contributed by atoms with Gasteiger partial charge in [-0.05, 0) is 73.6 Å². The van der Waals surface area contributed by atoms with Crippen LogP contribution < -0.4 is 4.74 Å². The van der Waals surface area contributed by atoms with E-state index >= 15 is 0 Å². The zero-order valence-corrected chi connectivity index (χ0v) is 21.0. The highest BCUT2D eigenvalue weighted by Gasteiger charge is 2.42. The Hall–Kier alpha value is -3.09. The van der Waals surface area contributed by atoms with E-state index in [2.05, 4.69) is 28.2 Å². The van der Waals surface area contributed by atoms with E-state index in [9.17, 15) is 9.59 Å². The Balaban J connectivity index is 1.30. The molecule has 1 aromatic carbocycles. The minimum atomic E-state index is -0.0641. The molecule has 3 aliphatic rings. The molecule has 7 nitrogen and oxygen atoms in total. The first kappa shape index (κ1) is 23.6. The van der Waals surface area contributed by atoms with Crippen molar-refractivity contribution in [2.75, 3.05) is 27.2 Å². The third kappa shape index (κ3) is 4.86. The van der Waals surface area contributed by atoms with Gasteiger partial charge < -0.3 is 14.5 Å². The molecule has 4 atom stereocenters. The van der Waals surface area contributed by atoms with Crippen LogP contribution >= 0.6 is 0 Å². The van der Waals surface area contributed by atoms with Crippen molar-refractivity contribution < 1.29 is 14.3 Å². The summed E-state index contributed by atoms with van der Waals surface area (Å²) in [6.45, 7) is 1.53. The van der Waals surface area contributed by atoms with Gasteiger partial charge >= 0.3 is 0 Å². The SMILES string of the molecule is COc1cccc(CC(C2CCN(C(=O)[C@@H]3C[C@H]4C=C[C@@H]3C4)CC2)N(C)C(=O)c2ccn(C)n2)c1. The van der Waals surface area contributed by atoms with E-state index in [1.54, 1.807) is 24.1 Å². The van der Waals surface area contributed by atoms with Crippen molar-refractivity contribution in [1.82, 2.24) is 19.6 Å². The summed E-state index contributed by atoms with van der Waals surface area (Å²) >= 11 is 0. The van der Waals surface area contributed by atoms with Crippen LogP contribution in [0.2, 0.25) is 0 Å². The zero-order chi connectivity index (χ0) is 24.5. The molecule has 2 amide bonds. The van der Waals surface area contributed by atoms with Crippen LogP contribution in [-0.4, -0.2) is 64.7 Å². The van der Waals surface area contributed by atoms with Gasteiger partial charge in [-0.2, -0.15) is 5.10 Å². The Labute approximate surface area is 207 Å². The van der Waals surface area contributed by atoms with Crippen molar-refractivity contribution in [3.8, 4) is 5.75 Å². The number of fused-ring (bicyclic) bond motifs is 2. The van der Waals surface area contributed by atoms with Gasteiger partial charge in [0.15, 0.2) is 0 Å². The lowest BCUT2D eigenvalue weighted by Gasteiger charge is -2.41. The molecule has 1 unspecified atom stereocenters. The van der Waals surface area contributed by atoms with Crippen molar-refractivity contribution in [3.05, 3.63) is 59.9 Å². The second-order valence-corrected chi connectivity index (χ2v) is 10.5. The fourth-order valence-electron chi connectivity index (χ4n) is 6.32. The number of methoxy groups -OCH3 is 1. The number of nitrogens with zero attached hydrogens (tertiary/aromatic N) is 4. The number of carbonyl (C=O) groups is 2. The lowest BCUT2D eigenvalue weighted by molar-refractivity contribution is -0.138. The normalized spacial score (nSPS) is 24.5. The molecule has 0 radical (unpaired) electrons. The zero-order valence-electron chi connectivity index (χ0n) is 21.0. The van der Waals surface area contributed by atoms with E-state index in [1.807, 2.05) is 37.2 Å². The Kier molecular flexibility index (Phi) is 6.67. The van der Waals surface area contributed by atoms with Gasteiger partial charge in [0.2, 0.25) is 5.91 Å². The van der Waals surface area contributed by atoms with Gasteiger partial charge in [0.1, 0.15) is 11.4 Å². The maximum absolute atomic E-state index is 13.3. The van der Waals surface area contributed by atoms with Crippen LogP contribution in [0.25, 0.3) is 0 Å². The molecule has 1 saturated carbocycles. The Morgan fingerprint density at radius 2 is 1.97 bits per heavy atom. The van der Waals surface area contributed by atoms with Gasteiger partial charge in [0, 0.05) is 45.3 Å². The number of amides is 2. The Morgan fingerprint density at radius 3 is 2.60 bits per heavy atom. The maximum atomic E-state index is 13.3. The average Bonchev–Trinajstić information content (AvgIpc) is 3.64. The van der Waals surface area contributed by atoms with Crippen molar-refractivity contribution in [1.29, 1.82) is 0 Å². The predicted molar refractivity (Wildman–Crippen MR) is 134 cm³/mol. The van der Waals surface area contributed by atoms with Crippen LogP contribution in [0, 0.1) is 23.7 Å². The van der Waals surface area contributed by atoms with E-state index in [0.29, 0.717) is 29.4 Å². The molecule has 2 fully saturated rings. The monoisotopic (exact) mass is 476 g/mol. The van der Waals surface area contributed by atoms with Gasteiger partial charge in [-0.25, -0.2) is 0 Å². The van der Waals surface area contributed by atoms with Gasteiger partial charge in [0.05, 0.1) is 7.11 Å². The van der Waals surface area contributed by atoms with E-state index < -0.39 is 0 Å². The van der Waals surface area contributed by atoms with Gasteiger partial charge in [-0.15, -0.1) is 0 Å². The standard InChI is InChI=1S/C28H36N4O3/c1-30-12-11-25(29-30)28(34)31(2)26(18-19-5-4-6-23(16-19)35-3)21-9-13-32(14-10-21)27(33)24-17-20-7-8-22(24)15-20/h4-8,11-12,16,20-22,24,26H,9-10,13-15,17-18H2,1-3H3/t20-,22+,24+,26?/m0/s1. The average molecular weight is 477 g/mol. The lowest BCUT2D eigenvalue weighted by Crippen LogP contribution is -2.49. The van der Waals surface area contributed by atoms with Gasteiger partial charge in [0.25, 0.3) is 5.91 Å². The van der Waals surface area contributed by atoms with Crippen LogP contribution in [0.15, 0.2) is 48.7 Å². The third-order valence-electron chi connectivity index (χ3n) is 8.32. The van der Waals surface area contributed by atoms with Crippen LogP contribution in [0.5, 0.6) is 5.75 Å². The van der Waals surface area contributed by atoms with Crippen LogP contribution in [-0.2, 0) is 18.3 Å². The topological polar surface area (TPSA) is 67.7 Å². The lowest BCUT2D eigenvalue weighted by atomic mass is 9.84. The van der Waals surface area contributed by atoms with E-state index in [0.717, 1.165) is 56.5 Å². The quantitative estimate of drug-likeness (QED) is 0.573. The molecule has 1 saturated heterocycles. The molecule has 2 aliphatic carbocycles. The number of ether oxygens (including phenoxy) is 1. The Bertz CT molecular complexity index is 1100. The van der Waals surface area contributed by atoms with Crippen LogP contribution in [0.3, 0.4) is 0 Å². The first-order valence-corrected chi connectivity index (χ1v) is 12.8. The summed E-state index contributed by atoms with van der Waals surface area (Å²) in [5.74, 6) is 2.61. The molecule has 0 N–H and O–H groups in total. The number of allylic oxidation sites excluding steroid dienone is 2. The maximum Gasteiger partial charge on any atom is 0.274 e. The number of likely N-dealkylation sites (tertiary alicyclic amines) is 1. The van der Waals surface area contributed by atoms with E-state index in [4.69, 9.17) is 4.74 Å². The number of rotatable bonds is 7. The summed E-state index contributed by atoms with van der Waals surface area (Å²) in [5.41, 5.74) is 1.60. The number of hydrogen-bond donors (Lipinski definition) is 0. The van der Waals surface area contributed by atoms with Crippen molar-refractivity contribution in [2.24, 2.45) is 30.7 Å². The van der Waals surface area contributed by atoms with Gasteiger partial charge in [-0.3, -0.25) is 14.3 Å². The highest BCUT2D eigenvalue weighted by atomic mass is 16.5. The minimum Gasteiger partial charge on any atom is -0.497 e. The number of aryl methyl sites for hydroxylation is 1. The first-order chi connectivity index (χ1) is 16.9. The number of likely N-dealkylation sites (N-methyl/N-ethyl adjacent to an activating group) is 1. The molecule has 186 valence electrons. The molecule has 0 spiro atoms. The minimum absolute atomic E-state index is 0.0132. The number of benzene rings is 1. The summed E-state index contributed by atoms with van der Waals surface area (Å²) < 4.78 is 7.09. The van der Waals surface area contributed by atoms with E-state index in [-0.39, 0.29) is 17.9 Å². The largest absolute Gasteiger partial charge is 0.497 e. The van der Waals surface area contributed by atoms with Crippen LogP contribution in [0.1, 0.15) is 41.7 Å². The molecule has 2 aromatic rings. The second-order valence-electron chi connectivity index (χ2n) is 10.5. The fourth-order valence-corrected chi connectivity index (χ4v) is 6.32. The molecule has 2 bridgehead atoms. The highest BCUT2D eigenvalue weighted by Crippen LogP contribution is 2.44. The number of hydrogen-bond acceptors (Lipinski definition) is 4.